The van der Waals surface area contributed by atoms with Crippen molar-refractivity contribution in [2.75, 3.05) is 13.2 Å². The predicted molar refractivity (Wildman–Crippen MR) is 69.7 cm³/mol. The lowest BCUT2D eigenvalue weighted by atomic mass is 10.2. The Morgan fingerprint density at radius 3 is 3.00 bits per heavy atom. The van der Waals surface area contributed by atoms with Crippen LogP contribution in [0.25, 0.3) is 0 Å². The fraction of sp³-hybridized carbons (Fsp3) is 0.500. The first kappa shape index (κ1) is 12.4. The SMILES string of the molecule is OC[C@H]1CCCN1Cc1ccc(Cl)c(Br)c1. The molecule has 0 radical (unpaired) electrons. The van der Waals surface area contributed by atoms with Gasteiger partial charge in [-0.2, -0.15) is 0 Å². The number of nitrogens with zero attached hydrogens (tertiary/aromatic N) is 1. The van der Waals surface area contributed by atoms with E-state index in [0.717, 1.165) is 29.0 Å². The maximum Gasteiger partial charge on any atom is 0.0587 e. The van der Waals surface area contributed by atoms with Gasteiger partial charge in [-0.05, 0) is 53.0 Å². The second-order valence-electron chi connectivity index (χ2n) is 4.20. The monoisotopic (exact) mass is 303 g/mol. The largest absolute Gasteiger partial charge is 0.395 e. The molecule has 88 valence electrons. The first-order valence-corrected chi connectivity index (χ1v) is 6.66. The highest BCUT2D eigenvalue weighted by Crippen LogP contribution is 2.25. The normalized spacial score (nSPS) is 21.6. The number of benzene rings is 1. The molecule has 1 aromatic rings. The minimum Gasteiger partial charge on any atom is -0.395 e. The summed E-state index contributed by atoms with van der Waals surface area (Å²) in [6.07, 6.45) is 2.28. The Kier molecular flexibility index (Phi) is 4.25. The van der Waals surface area contributed by atoms with E-state index in [4.69, 9.17) is 11.6 Å². The molecule has 0 aliphatic carbocycles. The maximum atomic E-state index is 9.24. The number of hydrogen-bond donors (Lipinski definition) is 1. The predicted octanol–water partition coefficient (Wildman–Crippen LogP) is 3.06. The van der Waals surface area contributed by atoms with Crippen molar-refractivity contribution in [2.24, 2.45) is 0 Å². The van der Waals surface area contributed by atoms with Gasteiger partial charge in [0.25, 0.3) is 0 Å². The molecule has 1 heterocycles. The summed E-state index contributed by atoms with van der Waals surface area (Å²) in [6, 6.07) is 6.33. The van der Waals surface area contributed by atoms with Crippen LogP contribution in [-0.2, 0) is 6.54 Å². The van der Waals surface area contributed by atoms with Gasteiger partial charge in [0, 0.05) is 17.1 Å². The topological polar surface area (TPSA) is 23.5 Å². The van der Waals surface area contributed by atoms with Crippen LogP contribution in [0, 0.1) is 0 Å². The van der Waals surface area contributed by atoms with Crippen molar-refractivity contribution < 1.29 is 5.11 Å². The van der Waals surface area contributed by atoms with Crippen molar-refractivity contribution in [2.45, 2.75) is 25.4 Å². The minimum absolute atomic E-state index is 0.259. The Bertz CT molecular complexity index is 372. The highest BCUT2D eigenvalue weighted by atomic mass is 79.9. The van der Waals surface area contributed by atoms with Gasteiger partial charge in [-0.3, -0.25) is 4.90 Å². The average molecular weight is 305 g/mol. The first-order chi connectivity index (χ1) is 7.70. The van der Waals surface area contributed by atoms with Crippen molar-refractivity contribution in [3.8, 4) is 0 Å². The third kappa shape index (κ3) is 2.77. The van der Waals surface area contributed by atoms with E-state index >= 15 is 0 Å². The molecule has 1 aromatic carbocycles. The molecule has 2 rings (SSSR count). The number of halogens is 2. The zero-order chi connectivity index (χ0) is 11.5. The molecule has 1 N–H and O–H groups in total. The van der Waals surface area contributed by atoms with Crippen LogP contribution in [0.15, 0.2) is 22.7 Å². The molecule has 16 heavy (non-hydrogen) atoms. The van der Waals surface area contributed by atoms with E-state index in [1.807, 2.05) is 12.1 Å². The number of aliphatic hydroxyl groups is 1. The Hall–Kier alpha value is -0.0900. The van der Waals surface area contributed by atoms with Gasteiger partial charge < -0.3 is 5.11 Å². The van der Waals surface area contributed by atoms with Gasteiger partial charge >= 0.3 is 0 Å². The lowest BCUT2D eigenvalue weighted by molar-refractivity contribution is 0.153. The molecule has 0 amide bonds. The van der Waals surface area contributed by atoms with Crippen molar-refractivity contribution >= 4 is 27.5 Å². The Labute approximate surface area is 109 Å². The van der Waals surface area contributed by atoms with Crippen LogP contribution in [0.3, 0.4) is 0 Å². The molecular formula is C12H15BrClNO. The van der Waals surface area contributed by atoms with Gasteiger partial charge in [-0.1, -0.05) is 17.7 Å². The van der Waals surface area contributed by atoms with Crippen molar-refractivity contribution in [3.05, 3.63) is 33.3 Å². The second-order valence-corrected chi connectivity index (χ2v) is 5.46. The molecule has 2 nitrogen and oxygen atoms in total. The quantitative estimate of drug-likeness (QED) is 0.928. The van der Waals surface area contributed by atoms with E-state index in [2.05, 4.69) is 26.9 Å². The van der Waals surface area contributed by atoms with E-state index in [1.54, 1.807) is 0 Å². The van der Waals surface area contributed by atoms with Gasteiger partial charge in [-0.15, -0.1) is 0 Å². The molecule has 1 aliphatic rings. The summed E-state index contributed by atoms with van der Waals surface area (Å²) in [5.74, 6) is 0. The summed E-state index contributed by atoms with van der Waals surface area (Å²) in [6.45, 7) is 2.22. The van der Waals surface area contributed by atoms with Gasteiger partial charge in [0.2, 0.25) is 0 Å². The fourth-order valence-corrected chi connectivity index (χ4v) is 2.73. The summed E-state index contributed by atoms with van der Waals surface area (Å²) in [7, 11) is 0. The molecule has 0 bridgehead atoms. The van der Waals surface area contributed by atoms with E-state index in [1.165, 1.54) is 12.0 Å². The van der Waals surface area contributed by atoms with Crippen LogP contribution in [0.4, 0.5) is 0 Å². The van der Waals surface area contributed by atoms with E-state index in [0.29, 0.717) is 6.04 Å². The van der Waals surface area contributed by atoms with Gasteiger partial charge in [0.05, 0.1) is 11.6 Å². The fourth-order valence-electron chi connectivity index (χ4n) is 2.18. The summed E-state index contributed by atoms with van der Waals surface area (Å²) >= 11 is 9.38. The number of likely N-dealkylation sites (tertiary alicyclic amines) is 1. The van der Waals surface area contributed by atoms with Gasteiger partial charge in [-0.25, -0.2) is 0 Å². The molecule has 1 saturated heterocycles. The van der Waals surface area contributed by atoms with Crippen molar-refractivity contribution in [3.63, 3.8) is 0 Å². The van der Waals surface area contributed by atoms with Crippen LogP contribution in [-0.4, -0.2) is 29.2 Å². The van der Waals surface area contributed by atoms with Crippen LogP contribution < -0.4 is 0 Å². The summed E-state index contributed by atoms with van der Waals surface area (Å²) in [5, 5.41) is 9.98. The van der Waals surface area contributed by atoms with Gasteiger partial charge in [0.1, 0.15) is 0 Å². The molecule has 0 aromatic heterocycles. The zero-order valence-corrected chi connectivity index (χ0v) is 11.3. The smallest absolute Gasteiger partial charge is 0.0587 e. The summed E-state index contributed by atoms with van der Waals surface area (Å²) < 4.78 is 0.936. The molecule has 0 unspecified atom stereocenters. The number of rotatable bonds is 3. The number of hydrogen-bond acceptors (Lipinski definition) is 2. The summed E-state index contributed by atoms with van der Waals surface area (Å²) in [4.78, 5) is 2.33. The molecular weight excluding hydrogens is 289 g/mol. The Morgan fingerprint density at radius 2 is 2.31 bits per heavy atom. The summed E-state index contributed by atoms with van der Waals surface area (Å²) in [5.41, 5.74) is 1.23. The van der Waals surface area contributed by atoms with Crippen LogP contribution in [0.5, 0.6) is 0 Å². The Morgan fingerprint density at radius 1 is 1.50 bits per heavy atom. The Balaban J connectivity index is 2.05. The standard InChI is InChI=1S/C12H15BrClNO/c13-11-6-9(3-4-12(11)14)7-15-5-1-2-10(15)8-16/h3-4,6,10,16H,1-2,5,7-8H2/t10-/m1/s1. The van der Waals surface area contributed by atoms with Crippen LogP contribution in [0.2, 0.25) is 5.02 Å². The third-order valence-electron chi connectivity index (χ3n) is 3.08. The molecule has 4 heteroatoms. The first-order valence-electron chi connectivity index (χ1n) is 5.49. The third-order valence-corrected chi connectivity index (χ3v) is 4.29. The van der Waals surface area contributed by atoms with Crippen LogP contribution in [0.1, 0.15) is 18.4 Å². The zero-order valence-electron chi connectivity index (χ0n) is 9.00. The van der Waals surface area contributed by atoms with Crippen molar-refractivity contribution in [1.29, 1.82) is 0 Å². The van der Waals surface area contributed by atoms with E-state index in [9.17, 15) is 5.11 Å². The number of aliphatic hydroxyl groups excluding tert-OH is 1. The maximum absolute atomic E-state index is 9.24. The second kappa shape index (κ2) is 5.50. The molecule has 0 spiro atoms. The molecule has 1 atom stereocenters. The molecule has 1 fully saturated rings. The van der Waals surface area contributed by atoms with Gasteiger partial charge in [0.15, 0.2) is 0 Å². The lowest BCUT2D eigenvalue weighted by Gasteiger charge is -2.22. The lowest BCUT2D eigenvalue weighted by Crippen LogP contribution is -2.31. The van der Waals surface area contributed by atoms with E-state index in [-0.39, 0.29) is 6.61 Å². The minimum atomic E-state index is 0.259. The van der Waals surface area contributed by atoms with E-state index < -0.39 is 0 Å². The molecule has 1 aliphatic heterocycles. The molecule has 0 saturated carbocycles. The highest BCUT2D eigenvalue weighted by molar-refractivity contribution is 9.10. The van der Waals surface area contributed by atoms with Crippen molar-refractivity contribution in [1.82, 2.24) is 4.90 Å². The van der Waals surface area contributed by atoms with Crippen LogP contribution >= 0.6 is 27.5 Å². The average Bonchev–Trinajstić information content (AvgIpc) is 2.71. The highest BCUT2D eigenvalue weighted by Gasteiger charge is 2.23.